The van der Waals surface area contributed by atoms with Gasteiger partial charge >= 0.3 is 0 Å². The number of hydrogen-bond acceptors (Lipinski definition) is 3. The lowest BCUT2D eigenvalue weighted by atomic mass is 10.2. The minimum absolute atomic E-state index is 0.728. The molecule has 0 radical (unpaired) electrons. The SMILES string of the molecule is CCCCSCc1ccc(OC)c(N)c1. The van der Waals surface area contributed by atoms with Crippen LogP contribution in [0, 0.1) is 0 Å². The molecule has 0 aliphatic heterocycles. The van der Waals surface area contributed by atoms with E-state index in [1.807, 2.05) is 23.9 Å². The molecule has 0 saturated heterocycles. The Balaban J connectivity index is 2.45. The molecule has 0 aliphatic carbocycles. The van der Waals surface area contributed by atoms with E-state index in [1.54, 1.807) is 7.11 Å². The van der Waals surface area contributed by atoms with Gasteiger partial charge in [-0.2, -0.15) is 11.8 Å². The monoisotopic (exact) mass is 225 g/mol. The van der Waals surface area contributed by atoms with E-state index in [-0.39, 0.29) is 0 Å². The lowest BCUT2D eigenvalue weighted by Crippen LogP contribution is -1.93. The van der Waals surface area contributed by atoms with Crippen molar-refractivity contribution in [1.82, 2.24) is 0 Å². The Morgan fingerprint density at radius 3 is 2.80 bits per heavy atom. The minimum atomic E-state index is 0.728. The van der Waals surface area contributed by atoms with Crippen LogP contribution in [-0.4, -0.2) is 12.9 Å². The Hall–Kier alpha value is -0.830. The smallest absolute Gasteiger partial charge is 0.141 e. The lowest BCUT2D eigenvalue weighted by molar-refractivity contribution is 0.417. The van der Waals surface area contributed by atoms with E-state index >= 15 is 0 Å². The molecular formula is C12H19NOS. The van der Waals surface area contributed by atoms with Crippen LogP contribution in [0.4, 0.5) is 5.69 Å². The zero-order valence-corrected chi connectivity index (χ0v) is 10.3. The van der Waals surface area contributed by atoms with Crippen molar-refractivity contribution in [2.45, 2.75) is 25.5 Å². The van der Waals surface area contributed by atoms with Crippen LogP contribution in [-0.2, 0) is 5.75 Å². The molecule has 1 rings (SSSR count). The van der Waals surface area contributed by atoms with Gasteiger partial charge in [-0.1, -0.05) is 19.4 Å². The highest BCUT2D eigenvalue weighted by Gasteiger charge is 2.00. The summed E-state index contributed by atoms with van der Waals surface area (Å²) in [6, 6.07) is 6.01. The second-order valence-electron chi connectivity index (χ2n) is 3.48. The first-order valence-corrected chi connectivity index (χ1v) is 6.43. The van der Waals surface area contributed by atoms with E-state index in [1.165, 1.54) is 24.2 Å². The Morgan fingerprint density at radius 2 is 2.20 bits per heavy atom. The van der Waals surface area contributed by atoms with E-state index in [2.05, 4.69) is 13.0 Å². The average Bonchev–Trinajstić information content (AvgIpc) is 2.25. The number of nitrogens with two attached hydrogens (primary N) is 1. The topological polar surface area (TPSA) is 35.2 Å². The third-order valence-electron chi connectivity index (χ3n) is 2.21. The Labute approximate surface area is 96.2 Å². The molecule has 2 N–H and O–H groups in total. The molecule has 0 saturated carbocycles. The Morgan fingerprint density at radius 1 is 1.40 bits per heavy atom. The normalized spacial score (nSPS) is 10.3. The molecule has 0 unspecified atom stereocenters. The van der Waals surface area contributed by atoms with Crippen molar-refractivity contribution in [3.05, 3.63) is 23.8 Å². The van der Waals surface area contributed by atoms with Crippen LogP contribution in [0.15, 0.2) is 18.2 Å². The van der Waals surface area contributed by atoms with Gasteiger partial charge in [-0.15, -0.1) is 0 Å². The van der Waals surface area contributed by atoms with E-state index in [9.17, 15) is 0 Å². The zero-order chi connectivity index (χ0) is 11.1. The van der Waals surface area contributed by atoms with Crippen molar-refractivity contribution >= 4 is 17.4 Å². The highest BCUT2D eigenvalue weighted by molar-refractivity contribution is 7.98. The summed E-state index contributed by atoms with van der Waals surface area (Å²) < 4.78 is 5.11. The van der Waals surface area contributed by atoms with Crippen LogP contribution >= 0.6 is 11.8 Å². The van der Waals surface area contributed by atoms with E-state index in [4.69, 9.17) is 10.5 Å². The van der Waals surface area contributed by atoms with Gasteiger partial charge in [-0.05, 0) is 29.9 Å². The molecule has 0 heterocycles. The van der Waals surface area contributed by atoms with Crippen molar-refractivity contribution in [2.75, 3.05) is 18.6 Å². The summed E-state index contributed by atoms with van der Waals surface area (Å²) in [6.45, 7) is 2.21. The molecule has 2 nitrogen and oxygen atoms in total. The number of methoxy groups -OCH3 is 1. The van der Waals surface area contributed by atoms with Gasteiger partial charge in [0.2, 0.25) is 0 Å². The average molecular weight is 225 g/mol. The van der Waals surface area contributed by atoms with Crippen LogP contribution < -0.4 is 10.5 Å². The quantitative estimate of drug-likeness (QED) is 0.596. The largest absolute Gasteiger partial charge is 0.495 e. The van der Waals surface area contributed by atoms with Gasteiger partial charge < -0.3 is 10.5 Å². The van der Waals surface area contributed by atoms with Crippen molar-refractivity contribution < 1.29 is 4.74 Å². The maximum Gasteiger partial charge on any atom is 0.141 e. The number of anilines is 1. The summed E-state index contributed by atoms with van der Waals surface area (Å²) in [7, 11) is 1.64. The second-order valence-corrected chi connectivity index (χ2v) is 4.59. The standard InChI is InChI=1S/C12H19NOS/c1-3-4-7-15-9-10-5-6-12(14-2)11(13)8-10/h5-6,8H,3-4,7,9,13H2,1-2H3. The van der Waals surface area contributed by atoms with Gasteiger partial charge in [0.05, 0.1) is 12.8 Å². The number of hydrogen-bond donors (Lipinski definition) is 1. The summed E-state index contributed by atoms with van der Waals surface area (Å²) in [5, 5.41) is 0. The van der Waals surface area contributed by atoms with Crippen molar-refractivity contribution in [3.63, 3.8) is 0 Å². The highest BCUT2D eigenvalue weighted by Crippen LogP contribution is 2.24. The first-order chi connectivity index (χ1) is 7.27. The van der Waals surface area contributed by atoms with Gasteiger partial charge in [0, 0.05) is 5.75 Å². The third kappa shape index (κ3) is 4.04. The molecule has 3 heteroatoms. The van der Waals surface area contributed by atoms with Crippen LogP contribution in [0.25, 0.3) is 0 Å². The first kappa shape index (κ1) is 12.2. The fourth-order valence-electron chi connectivity index (χ4n) is 1.31. The molecule has 1 aromatic carbocycles. The van der Waals surface area contributed by atoms with Gasteiger partial charge in [-0.3, -0.25) is 0 Å². The van der Waals surface area contributed by atoms with Crippen LogP contribution in [0.1, 0.15) is 25.3 Å². The van der Waals surface area contributed by atoms with E-state index in [0.717, 1.165) is 17.2 Å². The molecule has 0 aromatic heterocycles. The molecule has 15 heavy (non-hydrogen) atoms. The fraction of sp³-hybridized carbons (Fsp3) is 0.500. The maximum absolute atomic E-state index is 5.83. The van der Waals surface area contributed by atoms with Crippen molar-refractivity contribution in [2.24, 2.45) is 0 Å². The molecule has 0 bridgehead atoms. The molecule has 0 aliphatic rings. The number of unbranched alkanes of at least 4 members (excludes halogenated alkanes) is 1. The maximum atomic E-state index is 5.83. The predicted octanol–water partition coefficient (Wildman–Crippen LogP) is 3.31. The van der Waals surface area contributed by atoms with Gasteiger partial charge in [0.1, 0.15) is 5.75 Å². The number of ether oxygens (including phenoxy) is 1. The number of nitrogen functional groups attached to an aromatic ring is 1. The second kappa shape index (κ2) is 6.62. The minimum Gasteiger partial charge on any atom is -0.495 e. The lowest BCUT2D eigenvalue weighted by Gasteiger charge is -2.06. The number of benzene rings is 1. The molecule has 0 amide bonds. The molecular weight excluding hydrogens is 206 g/mol. The number of thioether (sulfide) groups is 1. The molecule has 0 atom stereocenters. The van der Waals surface area contributed by atoms with Crippen molar-refractivity contribution in [1.29, 1.82) is 0 Å². The summed E-state index contributed by atoms with van der Waals surface area (Å²) in [6.07, 6.45) is 2.55. The highest BCUT2D eigenvalue weighted by atomic mass is 32.2. The zero-order valence-electron chi connectivity index (χ0n) is 9.45. The Kier molecular flexibility index (Phi) is 5.40. The van der Waals surface area contributed by atoms with E-state index in [0.29, 0.717) is 0 Å². The first-order valence-electron chi connectivity index (χ1n) is 5.28. The third-order valence-corrected chi connectivity index (χ3v) is 3.32. The molecule has 0 fully saturated rings. The van der Waals surface area contributed by atoms with Crippen LogP contribution in [0.5, 0.6) is 5.75 Å². The van der Waals surface area contributed by atoms with Gasteiger partial charge in [0.25, 0.3) is 0 Å². The van der Waals surface area contributed by atoms with Crippen molar-refractivity contribution in [3.8, 4) is 5.75 Å². The number of rotatable bonds is 6. The van der Waals surface area contributed by atoms with E-state index < -0.39 is 0 Å². The summed E-state index contributed by atoms with van der Waals surface area (Å²) >= 11 is 1.96. The summed E-state index contributed by atoms with van der Waals surface area (Å²) in [5.41, 5.74) is 7.83. The van der Waals surface area contributed by atoms with Crippen LogP contribution in [0.3, 0.4) is 0 Å². The molecule has 0 spiro atoms. The molecule has 1 aromatic rings. The summed E-state index contributed by atoms with van der Waals surface area (Å²) in [5.74, 6) is 3.02. The Bertz CT molecular complexity index is 302. The molecule has 84 valence electrons. The summed E-state index contributed by atoms with van der Waals surface area (Å²) in [4.78, 5) is 0. The van der Waals surface area contributed by atoms with Gasteiger partial charge in [0.15, 0.2) is 0 Å². The van der Waals surface area contributed by atoms with Crippen LogP contribution in [0.2, 0.25) is 0 Å². The fourth-order valence-corrected chi connectivity index (χ4v) is 2.36. The van der Waals surface area contributed by atoms with Gasteiger partial charge in [-0.25, -0.2) is 0 Å². The predicted molar refractivity (Wildman–Crippen MR) is 68.5 cm³/mol.